The Morgan fingerprint density at radius 3 is 2.62 bits per heavy atom. The topological polar surface area (TPSA) is 96.2 Å². The maximum absolute atomic E-state index is 13.0. The molecule has 2 aromatic rings. The summed E-state index contributed by atoms with van der Waals surface area (Å²) in [7, 11) is 0. The molecule has 0 aliphatic rings. The van der Waals surface area contributed by atoms with Gasteiger partial charge in [-0.2, -0.15) is 5.26 Å². The molecule has 2 rings (SSSR count). The molecule has 0 aliphatic carbocycles. The molecule has 122 valence electrons. The molecule has 1 aromatic heterocycles. The molecule has 0 saturated carbocycles. The first kappa shape index (κ1) is 17.0. The van der Waals surface area contributed by atoms with E-state index < -0.39 is 24.3 Å². The van der Waals surface area contributed by atoms with Crippen molar-refractivity contribution < 1.29 is 18.7 Å². The van der Waals surface area contributed by atoms with Crippen LogP contribution in [0.5, 0.6) is 0 Å². The van der Waals surface area contributed by atoms with Crippen LogP contribution >= 0.6 is 0 Å². The zero-order chi connectivity index (χ0) is 17.4. The summed E-state index contributed by atoms with van der Waals surface area (Å²) in [6.45, 7) is -0.429. The quantitative estimate of drug-likeness (QED) is 0.749. The number of hydrogen-bond donors (Lipinski definition) is 0. The van der Waals surface area contributed by atoms with E-state index in [4.69, 9.17) is 10.00 Å². The van der Waals surface area contributed by atoms with E-state index in [2.05, 4.69) is 9.97 Å². The normalized spacial score (nSPS) is 9.83. The fourth-order valence-corrected chi connectivity index (χ4v) is 1.86. The Hall–Kier alpha value is -3.34. The Labute approximate surface area is 137 Å². The van der Waals surface area contributed by atoms with Crippen LogP contribution in [-0.2, 0) is 9.53 Å². The molecule has 24 heavy (non-hydrogen) atoms. The summed E-state index contributed by atoms with van der Waals surface area (Å²) in [5.41, 5.74) is 0.392. The van der Waals surface area contributed by atoms with Gasteiger partial charge < -0.3 is 9.64 Å². The van der Waals surface area contributed by atoms with Gasteiger partial charge in [0.1, 0.15) is 5.82 Å². The third kappa shape index (κ3) is 4.58. The number of benzene rings is 1. The highest BCUT2D eigenvalue weighted by Gasteiger charge is 2.18. The lowest BCUT2D eigenvalue weighted by Gasteiger charge is -2.21. The second kappa shape index (κ2) is 8.33. The van der Waals surface area contributed by atoms with E-state index in [1.165, 1.54) is 47.8 Å². The first-order valence-corrected chi connectivity index (χ1v) is 6.98. The van der Waals surface area contributed by atoms with E-state index in [0.717, 1.165) is 0 Å². The molecule has 0 spiro atoms. The van der Waals surface area contributed by atoms with Gasteiger partial charge in [0.15, 0.2) is 12.3 Å². The van der Waals surface area contributed by atoms with Crippen molar-refractivity contribution in [2.75, 3.05) is 18.1 Å². The molecule has 0 saturated heterocycles. The zero-order valence-corrected chi connectivity index (χ0v) is 12.6. The minimum atomic E-state index is -0.782. The molecule has 0 radical (unpaired) electrons. The lowest BCUT2D eigenvalue weighted by atomic mass is 10.2. The van der Waals surface area contributed by atoms with Gasteiger partial charge in [0, 0.05) is 24.6 Å². The van der Waals surface area contributed by atoms with Gasteiger partial charge in [0.05, 0.1) is 18.7 Å². The maximum atomic E-state index is 13.0. The number of aromatic nitrogens is 2. The van der Waals surface area contributed by atoms with E-state index in [1.54, 1.807) is 0 Å². The number of nitrogens with zero attached hydrogens (tertiary/aromatic N) is 4. The Kier molecular flexibility index (Phi) is 5.91. The predicted molar refractivity (Wildman–Crippen MR) is 81.3 cm³/mol. The van der Waals surface area contributed by atoms with Crippen LogP contribution < -0.4 is 4.90 Å². The number of carbonyl (C=O) groups excluding carboxylic acids is 2. The second-order valence-electron chi connectivity index (χ2n) is 4.60. The van der Waals surface area contributed by atoms with Crippen molar-refractivity contribution in [1.29, 1.82) is 5.26 Å². The van der Waals surface area contributed by atoms with Crippen molar-refractivity contribution in [3.05, 3.63) is 54.4 Å². The third-order valence-corrected chi connectivity index (χ3v) is 2.99. The fraction of sp³-hybridized carbons (Fsp3) is 0.188. The van der Waals surface area contributed by atoms with Gasteiger partial charge in [-0.15, -0.1) is 0 Å². The van der Waals surface area contributed by atoms with Crippen molar-refractivity contribution in [3.63, 3.8) is 0 Å². The van der Waals surface area contributed by atoms with Crippen molar-refractivity contribution in [2.24, 2.45) is 0 Å². The molecular weight excluding hydrogens is 315 g/mol. The SMILES string of the molecule is N#CCCN(C(=O)COC(=O)c1cnccn1)c1ccc(F)cc1. The summed E-state index contributed by atoms with van der Waals surface area (Å²) in [4.78, 5) is 32.8. The molecule has 7 nitrogen and oxygen atoms in total. The van der Waals surface area contributed by atoms with E-state index >= 15 is 0 Å². The fourth-order valence-electron chi connectivity index (χ4n) is 1.86. The lowest BCUT2D eigenvalue weighted by molar-refractivity contribution is -0.121. The lowest BCUT2D eigenvalue weighted by Crippen LogP contribution is -2.35. The molecule has 1 heterocycles. The van der Waals surface area contributed by atoms with Crippen LogP contribution in [0.25, 0.3) is 0 Å². The standard InChI is InChI=1S/C16H13FN4O3/c17-12-2-4-13(5-3-12)21(9-1-6-18)15(22)11-24-16(23)14-10-19-7-8-20-14/h2-5,7-8,10H,1,9,11H2. The Balaban J connectivity index is 2.03. The van der Waals surface area contributed by atoms with Crippen molar-refractivity contribution in [3.8, 4) is 6.07 Å². The van der Waals surface area contributed by atoms with E-state index in [9.17, 15) is 14.0 Å². The van der Waals surface area contributed by atoms with Gasteiger partial charge in [0.25, 0.3) is 5.91 Å². The summed E-state index contributed by atoms with van der Waals surface area (Å²) in [6.07, 6.45) is 4.04. The van der Waals surface area contributed by atoms with Crippen LogP contribution in [0.15, 0.2) is 42.9 Å². The number of carbonyl (C=O) groups is 2. The first-order valence-electron chi connectivity index (χ1n) is 6.98. The van der Waals surface area contributed by atoms with Crippen molar-refractivity contribution in [1.82, 2.24) is 9.97 Å². The summed E-state index contributed by atoms with van der Waals surface area (Å²) in [5.74, 6) is -1.76. The van der Waals surface area contributed by atoms with Gasteiger partial charge >= 0.3 is 5.97 Å². The number of ether oxygens (including phenoxy) is 1. The Morgan fingerprint density at radius 2 is 2.00 bits per heavy atom. The highest BCUT2D eigenvalue weighted by atomic mass is 19.1. The summed E-state index contributed by atoms with van der Waals surface area (Å²) < 4.78 is 17.9. The van der Waals surface area contributed by atoms with Crippen LogP contribution in [0.2, 0.25) is 0 Å². The van der Waals surface area contributed by atoms with Gasteiger partial charge in [-0.3, -0.25) is 9.78 Å². The smallest absolute Gasteiger partial charge is 0.359 e. The number of rotatable bonds is 6. The number of anilines is 1. The number of nitriles is 1. The number of hydrogen-bond acceptors (Lipinski definition) is 6. The molecule has 0 aliphatic heterocycles. The first-order chi connectivity index (χ1) is 11.6. The Morgan fingerprint density at radius 1 is 1.25 bits per heavy atom. The average molecular weight is 328 g/mol. The van der Waals surface area contributed by atoms with Gasteiger partial charge in [-0.1, -0.05) is 0 Å². The van der Waals surface area contributed by atoms with E-state index in [1.807, 2.05) is 6.07 Å². The number of amides is 1. The molecule has 0 bridgehead atoms. The van der Waals surface area contributed by atoms with E-state index in [-0.39, 0.29) is 18.7 Å². The highest BCUT2D eigenvalue weighted by molar-refractivity contribution is 5.96. The molecule has 8 heteroatoms. The number of halogens is 1. The maximum Gasteiger partial charge on any atom is 0.359 e. The third-order valence-electron chi connectivity index (χ3n) is 2.99. The molecule has 1 amide bonds. The van der Waals surface area contributed by atoms with Gasteiger partial charge in [-0.05, 0) is 24.3 Å². The molecule has 0 N–H and O–H groups in total. The molecule has 0 atom stereocenters. The van der Waals surface area contributed by atoms with Gasteiger partial charge in [-0.25, -0.2) is 14.2 Å². The molecule has 0 fully saturated rings. The van der Waals surface area contributed by atoms with Crippen LogP contribution in [0.3, 0.4) is 0 Å². The summed E-state index contributed by atoms with van der Waals surface area (Å²) in [5, 5.41) is 8.71. The minimum absolute atomic E-state index is 0.0179. The average Bonchev–Trinajstić information content (AvgIpc) is 2.62. The van der Waals surface area contributed by atoms with Gasteiger partial charge in [0.2, 0.25) is 0 Å². The largest absolute Gasteiger partial charge is 0.451 e. The monoisotopic (exact) mass is 328 g/mol. The summed E-state index contributed by atoms with van der Waals surface area (Å²) >= 11 is 0. The minimum Gasteiger partial charge on any atom is -0.451 e. The number of esters is 1. The highest BCUT2D eigenvalue weighted by Crippen LogP contribution is 2.15. The van der Waals surface area contributed by atoms with E-state index in [0.29, 0.717) is 5.69 Å². The van der Waals surface area contributed by atoms with Crippen molar-refractivity contribution in [2.45, 2.75) is 6.42 Å². The van der Waals surface area contributed by atoms with Crippen LogP contribution in [0, 0.1) is 17.1 Å². The predicted octanol–water partition coefficient (Wildman–Crippen LogP) is 1.72. The zero-order valence-electron chi connectivity index (χ0n) is 12.6. The second-order valence-corrected chi connectivity index (χ2v) is 4.60. The Bertz CT molecular complexity index is 744. The van der Waals surface area contributed by atoms with Crippen molar-refractivity contribution >= 4 is 17.6 Å². The van der Waals surface area contributed by atoms with Crippen LogP contribution in [-0.4, -0.2) is 35.0 Å². The summed E-state index contributed by atoms with van der Waals surface area (Å²) in [6, 6.07) is 7.16. The van der Waals surface area contributed by atoms with Crippen LogP contribution in [0.1, 0.15) is 16.9 Å². The molecular formula is C16H13FN4O3. The van der Waals surface area contributed by atoms with Crippen LogP contribution in [0.4, 0.5) is 10.1 Å². The molecule has 1 aromatic carbocycles. The molecule has 0 unspecified atom stereocenters.